The lowest BCUT2D eigenvalue weighted by Crippen LogP contribution is -2.32. The summed E-state index contributed by atoms with van der Waals surface area (Å²) in [6.45, 7) is 3.61. The van der Waals surface area contributed by atoms with Crippen molar-refractivity contribution >= 4 is 14.7 Å². The molecular formula is C33H54N2O6P+. The topological polar surface area (TPSA) is 90.1 Å². The minimum atomic E-state index is -2.16. The number of methoxy groups -OCH3 is 1. The van der Waals surface area contributed by atoms with Crippen LogP contribution in [0.2, 0.25) is 0 Å². The van der Waals surface area contributed by atoms with Crippen molar-refractivity contribution in [3.05, 3.63) is 60.4 Å². The van der Waals surface area contributed by atoms with Gasteiger partial charge in [0.25, 0.3) is 0 Å². The van der Waals surface area contributed by atoms with Gasteiger partial charge in [-0.25, -0.2) is 9.36 Å². The SMILES string of the molecule is CCCCCCCCCCCCCCCCNC(=O)OCC(COP(O)Oc1cccc(C[n+]2ccccc2)c1)OC. The number of ether oxygens (including phenoxy) is 2. The number of hydrogen-bond acceptors (Lipinski definition) is 6. The number of rotatable bonds is 25. The first-order chi connectivity index (χ1) is 20.6. The van der Waals surface area contributed by atoms with Gasteiger partial charge in [-0.05, 0) is 18.6 Å². The van der Waals surface area contributed by atoms with Crippen molar-refractivity contribution in [3.63, 3.8) is 0 Å². The van der Waals surface area contributed by atoms with E-state index in [0.29, 0.717) is 18.8 Å². The first-order valence-corrected chi connectivity index (χ1v) is 17.0. The number of benzene rings is 1. The van der Waals surface area contributed by atoms with E-state index in [1.807, 2.05) is 48.8 Å². The van der Waals surface area contributed by atoms with Gasteiger partial charge in [-0.3, -0.25) is 4.52 Å². The van der Waals surface area contributed by atoms with Crippen LogP contribution < -0.4 is 14.4 Å². The van der Waals surface area contributed by atoms with E-state index in [9.17, 15) is 9.69 Å². The Labute approximate surface area is 255 Å². The van der Waals surface area contributed by atoms with E-state index in [4.69, 9.17) is 18.5 Å². The summed E-state index contributed by atoms with van der Waals surface area (Å²) in [5.41, 5.74) is 1.04. The molecular weight excluding hydrogens is 551 g/mol. The largest absolute Gasteiger partial charge is 0.447 e. The number of nitrogens with one attached hydrogen (secondary N) is 1. The minimum absolute atomic E-state index is 0.0219. The molecule has 1 heterocycles. The van der Waals surface area contributed by atoms with Crippen molar-refractivity contribution in [1.29, 1.82) is 0 Å². The fraction of sp³-hybridized carbons (Fsp3) is 0.636. The third kappa shape index (κ3) is 18.3. The first kappa shape index (κ1) is 35.9. The predicted octanol–water partition coefficient (Wildman–Crippen LogP) is 7.86. The van der Waals surface area contributed by atoms with Crippen LogP contribution >= 0.6 is 8.60 Å². The normalized spacial score (nSPS) is 12.5. The maximum atomic E-state index is 12.0. The molecule has 2 unspecified atom stereocenters. The summed E-state index contributed by atoms with van der Waals surface area (Å²) in [5.74, 6) is 0.519. The molecule has 2 N–H and O–H groups in total. The van der Waals surface area contributed by atoms with E-state index in [2.05, 4.69) is 16.8 Å². The Kier molecular flexibility index (Phi) is 20.7. The lowest BCUT2D eigenvalue weighted by molar-refractivity contribution is -0.688. The molecule has 2 atom stereocenters. The van der Waals surface area contributed by atoms with Gasteiger partial charge in [0.15, 0.2) is 18.9 Å². The van der Waals surface area contributed by atoms with Gasteiger partial charge >= 0.3 is 14.7 Å². The Balaban J connectivity index is 1.46. The molecule has 0 bridgehead atoms. The van der Waals surface area contributed by atoms with E-state index >= 15 is 0 Å². The van der Waals surface area contributed by atoms with Crippen molar-refractivity contribution in [3.8, 4) is 5.75 Å². The zero-order chi connectivity index (χ0) is 30.1. The number of amides is 1. The Morgan fingerprint density at radius 2 is 1.48 bits per heavy atom. The summed E-state index contributed by atoms with van der Waals surface area (Å²) in [5, 5.41) is 2.80. The number of unbranched alkanes of at least 4 members (excludes halogenated alkanes) is 13. The number of hydrogen-bond donors (Lipinski definition) is 2. The van der Waals surface area contributed by atoms with Crippen molar-refractivity contribution < 1.29 is 32.8 Å². The summed E-state index contributed by atoms with van der Waals surface area (Å²) < 4.78 is 23.6. The number of carbonyl (C=O) groups is 1. The van der Waals surface area contributed by atoms with Crippen LogP contribution in [0.1, 0.15) is 102 Å². The molecule has 0 saturated heterocycles. The standard InChI is InChI=1S/C33H53N2O6P/c1-3-4-5-6-7-8-9-10-11-12-13-14-15-17-23-34-33(36)39-28-32(38-2)29-40-42(37)41-31-22-20-21-30(26-31)27-35-24-18-16-19-25-35/h16,18-22,24-26,32,37H,3-15,17,23,27-29H2,1-2H3/p+1. The van der Waals surface area contributed by atoms with Gasteiger partial charge in [0.1, 0.15) is 18.5 Å². The molecule has 2 rings (SSSR count). The third-order valence-electron chi connectivity index (χ3n) is 7.13. The summed E-state index contributed by atoms with van der Waals surface area (Å²) in [4.78, 5) is 22.3. The highest BCUT2D eigenvalue weighted by atomic mass is 31.2. The smallest absolute Gasteiger partial charge is 0.407 e. The molecule has 236 valence electrons. The molecule has 42 heavy (non-hydrogen) atoms. The lowest BCUT2D eigenvalue weighted by atomic mass is 10.0. The van der Waals surface area contributed by atoms with Crippen molar-refractivity contribution in [2.24, 2.45) is 0 Å². The van der Waals surface area contributed by atoms with Gasteiger partial charge in [0, 0.05) is 31.4 Å². The van der Waals surface area contributed by atoms with Crippen LogP contribution in [0.15, 0.2) is 54.9 Å². The molecule has 0 spiro atoms. The molecule has 1 aromatic carbocycles. The summed E-state index contributed by atoms with van der Waals surface area (Å²) in [6, 6.07) is 13.4. The molecule has 2 aromatic rings. The first-order valence-electron chi connectivity index (χ1n) is 15.9. The molecule has 9 heteroatoms. The van der Waals surface area contributed by atoms with Crippen LogP contribution in [-0.4, -0.2) is 44.0 Å². The number of alkyl carbamates (subject to hydrolysis) is 1. The van der Waals surface area contributed by atoms with E-state index in [1.165, 1.54) is 84.2 Å². The second-order valence-electron chi connectivity index (χ2n) is 10.8. The van der Waals surface area contributed by atoms with Crippen LogP contribution in [0, 0.1) is 0 Å². The summed E-state index contributed by atoms with van der Waals surface area (Å²) in [6.07, 6.45) is 21.2. The van der Waals surface area contributed by atoms with Gasteiger partial charge in [-0.15, -0.1) is 0 Å². The molecule has 0 aliphatic rings. The van der Waals surface area contributed by atoms with E-state index in [1.54, 1.807) is 6.07 Å². The lowest BCUT2D eigenvalue weighted by Gasteiger charge is -2.18. The Morgan fingerprint density at radius 3 is 2.10 bits per heavy atom. The number of pyridine rings is 1. The van der Waals surface area contributed by atoms with E-state index < -0.39 is 20.8 Å². The maximum Gasteiger partial charge on any atom is 0.407 e. The Bertz CT molecular complexity index is 936. The molecule has 0 radical (unpaired) electrons. The number of aromatic nitrogens is 1. The van der Waals surface area contributed by atoms with Gasteiger partial charge in [0.2, 0.25) is 0 Å². The Morgan fingerprint density at radius 1 is 0.857 bits per heavy atom. The second kappa shape index (κ2) is 24.2. The molecule has 0 aliphatic heterocycles. The minimum Gasteiger partial charge on any atom is -0.447 e. The van der Waals surface area contributed by atoms with Crippen LogP contribution in [0.3, 0.4) is 0 Å². The van der Waals surface area contributed by atoms with Crippen LogP contribution in [0.25, 0.3) is 0 Å². The van der Waals surface area contributed by atoms with Gasteiger partial charge in [-0.2, -0.15) is 0 Å². The molecule has 0 fully saturated rings. The average molecular weight is 606 g/mol. The predicted molar refractivity (Wildman–Crippen MR) is 168 cm³/mol. The average Bonchev–Trinajstić information content (AvgIpc) is 3.00. The zero-order valence-electron chi connectivity index (χ0n) is 25.9. The third-order valence-corrected chi connectivity index (χ3v) is 7.87. The van der Waals surface area contributed by atoms with Crippen molar-refractivity contribution in [2.45, 2.75) is 109 Å². The highest BCUT2D eigenvalue weighted by molar-refractivity contribution is 7.41. The molecule has 0 saturated carbocycles. The number of carbonyl (C=O) groups excluding carboxylic acids is 1. The van der Waals surface area contributed by atoms with E-state index in [-0.39, 0.29) is 13.2 Å². The molecule has 1 amide bonds. The van der Waals surface area contributed by atoms with E-state index in [0.717, 1.165) is 18.4 Å². The second-order valence-corrected chi connectivity index (χ2v) is 11.7. The van der Waals surface area contributed by atoms with Crippen LogP contribution in [0.4, 0.5) is 4.79 Å². The molecule has 1 aromatic heterocycles. The monoisotopic (exact) mass is 605 g/mol. The van der Waals surface area contributed by atoms with Crippen LogP contribution in [-0.2, 0) is 20.5 Å². The maximum absolute atomic E-state index is 12.0. The highest BCUT2D eigenvalue weighted by Crippen LogP contribution is 2.35. The fourth-order valence-corrected chi connectivity index (χ4v) is 5.27. The summed E-state index contributed by atoms with van der Waals surface area (Å²) >= 11 is 0. The van der Waals surface area contributed by atoms with Crippen LogP contribution in [0.5, 0.6) is 5.75 Å². The Hall–Kier alpha value is -2.25. The molecule has 8 nitrogen and oxygen atoms in total. The van der Waals surface area contributed by atoms with Crippen molar-refractivity contribution in [2.75, 3.05) is 26.9 Å². The quantitative estimate of drug-likeness (QED) is 0.0680. The van der Waals surface area contributed by atoms with Crippen molar-refractivity contribution in [1.82, 2.24) is 5.32 Å². The van der Waals surface area contributed by atoms with Gasteiger partial charge < -0.3 is 24.2 Å². The highest BCUT2D eigenvalue weighted by Gasteiger charge is 2.17. The number of nitrogens with zero attached hydrogens (tertiary/aromatic N) is 1. The van der Waals surface area contributed by atoms with Gasteiger partial charge in [-0.1, -0.05) is 109 Å². The fourth-order valence-electron chi connectivity index (χ4n) is 4.63. The summed E-state index contributed by atoms with van der Waals surface area (Å²) in [7, 11) is -0.652. The molecule has 0 aliphatic carbocycles. The van der Waals surface area contributed by atoms with Gasteiger partial charge in [0.05, 0.1) is 6.61 Å². The zero-order valence-corrected chi connectivity index (χ0v) is 26.8.